The molecule has 0 fully saturated rings. The molecular formula is C7H3Cl2NOS. The molecule has 0 atom stereocenters. The molecule has 0 saturated carbocycles. The van der Waals surface area contributed by atoms with Crippen LogP contribution in [0, 0.1) is 0 Å². The summed E-state index contributed by atoms with van der Waals surface area (Å²) in [6.07, 6.45) is 0. The number of aromatic nitrogens is 1. The van der Waals surface area contributed by atoms with Crippen LogP contribution in [0.25, 0.3) is 10.2 Å². The Morgan fingerprint density at radius 2 is 2.08 bits per heavy atom. The van der Waals surface area contributed by atoms with Crippen LogP contribution in [0.5, 0.6) is 0 Å². The van der Waals surface area contributed by atoms with Crippen LogP contribution in [0.15, 0.2) is 16.9 Å². The van der Waals surface area contributed by atoms with Crippen molar-refractivity contribution in [3.8, 4) is 0 Å². The summed E-state index contributed by atoms with van der Waals surface area (Å²) >= 11 is 12.7. The van der Waals surface area contributed by atoms with Gasteiger partial charge in [-0.1, -0.05) is 34.5 Å². The highest BCUT2D eigenvalue weighted by molar-refractivity contribution is 7.16. The van der Waals surface area contributed by atoms with Crippen LogP contribution in [0.2, 0.25) is 10.0 Å². The van der Waals surface area contributed by atoms with E-state index in [0.717, 1.165) is 16.0 Å². The molecule has 0 aliphatic carbocycles. The molecule has 2 aromatic rings. The fourth-order valence-corrected chi connectivity index (χ4v) is 2.44. The Kier molecular flexibility index (Phi) is 1.87. The summed E-state index contributed by atoms with van der Waals surface area (Å²) in [5.41, 5.74) is 0.663. The van der Waals surface area contributed by atoms with Crippen molar-refractivity contribution in [3.05, 3.63) is 31.8 Å². The predicted octanol–water partition coefficient (Wildman–Crippen LogP) is 2.90. The zero-order chi connectivity index (χ0) is 8.72. The second-order valence-electron chi connectivity index (χ2n) is 2.28. The van der Waals surface area contributed by atoms with E-state index in [0.29, 0.717) is 15.6 Å². The molecule has 0 aliphatic rings. The van der Waals surface area contributed by atoms with E-state index in [9.17, 15) is 4.79 Å². The van der Waals surface area contributed by atoms with Gasteiger partial charge in [-0.05, 0) is 12.1 Å². The minimum Gasteiger partial charge on any atom is -0.311 e. The average molecular weight is 220 g/mol. The summed E-state index contributed by atoms with van der Waals surface area (Å²) in [6, 6.07) is 3.32. The molecule has 1 aromatic heterocycles. The van der Waals surface area contributed by atoms with Crippen LogP contribution in [0.1, 0.15) is 0 Å². The third-order valence-corrected chi connectivity index (χ3v) is 2.79. The van der Waals surface area contributed by atoms with E-state index < -0.39 is 0 Å². The minimum absolute atomic E-state index is 0.117. The van der Waals surface area contributed by atoms with Gasteiger partial charge in [0.1, 0.15) is 0 Å². The van der Waals surface area contributed by atoms with Crippen molar-refractivity contribution in [2.45, 2.75) is 0 Å². The molecular weight excluding hydrogens is 217 g/mol. The van der Waals surface area contributed by atoms with Crippen molar-refractivity contribution < 1.29 is 0 Å². The van der Waals surface area contributed by atoms with E-state index >= 15 is 0 Å². The number of halogens is 2. The van der Waals surface area contributed by atoms with Crippen LogP contribution in [-0.4, -0.2) is 4.98 Å². The van der Waals surface area contributed by atoms with E-state index in [-0.39, 0.29) is 4.87 Å². The summed E-state index contributed by atoms with van der Waals surface area (Å²) in [4.78, 5) is 13.4. The molecule has 1 aromatic carbocycles. The molecule has 5 heteroatoms. The van der Waals surface area contributed by atoms with Crippen molar-refractivity contribution in [2.24, 2.45) is 0 Å². The standard InChI is InChI=1S/C7H3Cl2NOS/c8-3-1-4(9)6-5(2-3)12-7(11)10-6/h1-2H,(H,10,11). The summed E-state index contributed by atoms with van der Waals surface area (Å²) in [7, 11) is 0. The Morgan fingerprint density at radius 3 is 2.83 bits per heavy atom. The maximum Gasteiger partial charge on any atom is 0.305 e. The van der Waals surface area contributed by atoms with Gasteiger partial charge in [0.05, 0.1) is 15.2 Å². The van der Waals surface area contributed by atoms with Crippen molar-refractivity contribution in [1.29, 1.82) is 0 Å². The average Bonchev–Trinajstić information content (AvgIpc) is 2.29. The van der Waals surface area contributed by atoms with Crippen molar-refractivity contribution >= 4 is 44.8 Å². The van der Waals surface area contributed by atoms with Crippen molar-refractivity contribution in [1.82, 2.24) is 4.98 Å². The first-order valence-electron chi connectivity index (χ1n) is 3.15. The van der Waals surface area contributed by atoms with Gasteiger partial charge in [-0.25, -0.2) is 0 Å². The van der Waals surface area contributed by atoms with Crippen LogP contribution >= 0.6 is 34.5 Å². The van der Waals surface area contributed by atoms with Crippen LogP contribution < -0.4 is 4.87 Å². The molecule has 0 saturated heterocycles. The molecule has 1 heterocycles. The fourth-order valence-electron chi connectivity index (χ4n) is 0.979. The predicted molar refractivity (Wildman–Crippen MR) is 52.5 cm³/mol. The Labute approximate surface area is 81.7 Å². The molecule has 1 N–H and O–H groups in total. The zero-order valence-corrected chi connectivity index (χ0v) is 8.06. The van der Waals surface area contributed by atoms with E-state index in [4.69, 9.17) is 23.2 Å². The van der Waals surface area contributed by atoms with Crippen molar-refractivity contribution in [2.75, 3.05) is 0 Å². The monoisotopic (exact) mass is 219 g/mol. The van der Waals surface area contributed by atoms with Gasteiger partial charge in [-0.3, -0.25) is 4.79 Å². The minimum atomic E-state index is -0.117. The van der Waals surface area contributed by atoms with E-state index in [1.807, 2.05) is 0 Å². The van der Waals surface area contributed by atoms with Crippen LogP contribution in [0.3, 0.4) is 0 Å². The first kappa shape index (κ1) is 8.10. The van der Waals surface area contributed by atoms with Gasteiger partial charge >= 0.3 is 4.87 Å². The number of hydrogen-bond acceptors (Lipinski definition) is 2. The van der Waals surface area contributed by atoms with Gasteiger partial charge < -0.3 is 4.98 Å². The molecule has 0 radical (unpaired) electrons. The quantitative estimate of drug-likeness (QED) is 0.727. The van der Waals surface area contributed by atoms with Gasteiger partial charge in [0.15, 0.2) is 0 Å². The van der Waals surface area contributed by atoms with Gasteiger partial charge in [-0.2, -0.15) is 0 Å². The summed E-state index contributed by atoms with van der Waals surface area (Å²) in [6.45, 7) is 0. The van der Waals surface area contributed by atoms with Crippen LogP contribution in [-0.2, 0) is 0 Å². The van der Waals surface area contributed by atoms with E-state index in [1.165, 1.54) is 0 Å². The Hall–Kier alpha value is -0.510. The first-order valence-corrected chi connectivity index (χ1v) is 4.72. The maximum atomic E-state index is 10.9. The number of nitrogens with one attached hydrogen (secondary N) is 1. The highest BCUT2D eigenvalue weighted by Gasteiger charge is 2.04. The summed E-state index contributed by atoms with van der Waals surface area (Å²) < 4.78 is 0.789. The molecule has 0 unspecified atom stereocenters. The molecule has 2 rings (SSSR count). The highest BCUT2D eigenvalue weighted by Crippen LogP contribution is 2.27. The van der Waals surface area contributed by atoms with E-state index in [1.54, 1.807) is 12.1 Å². The maximum absolute atomic E-state index is 10.9. The lowest BCUT2D eigenvalue weighted by Crippen LogP contribution is -1.89. The second kappa shape index (κ2) is 2.76. The lowest BCUT2D eigenvalue weighted by molar-refractivity contribution is 1.41. The number of aromatic amines is 1. The van der Waals surface area contributed by atoms with Crippen LogP contribution in [0.4, 0.5) is 0 Å². The molecule has 0 bridgehead atoms. The summed E-state index contributed by atoms with van der Waals surface area (Å²) in [5.74, 6) is 0. The second-order valence-corrected chi connectivity index (χ2v) is 4.13. The number of benzene rings is 1. The highest BCUT2D eigenvalue weighted by atomic mass is 35.5. The van der Waals surface area contributed by atoms with E-state index in [2.05, 4.69) is 4.98 Å². The first-order chi connectivity index (χ1) is 5.66. The third-order valence-electron chi connectivity index (χ3n) is 1.45. The smallest absolute Gasteiger partial charge is 0.305 e. The number of fused-ring (bicyclic) bond motifs is 1. The SMILES string of the molecule is O=c1[nH]c2c(Cl)cc(Cl)cc2s1. The molecule has 0 spiro atoms. The Morgan fingerprint density at radius 1 is 1.33 bits per heavy atom. The molecule has 62 valence electrons. The lowest BCUT2D eigenvalue weighted by atomic mass is 10.3. The zero-order valence-electron chi connectivity index (χ0n) is 5.73. The third kappa shape index (κ3) is 1.24. The summed E-state index contributed by atoms with van der Waals surface area (Å²) in [5, 5.41) is 1.03. The molecule has 0 aliphatic heterocycles. The fraction of sp³-hybridized carbons (Fsp3) is 0. The number of H-pyrrole nitrogens is 1. The topological polar surface area (TPSA) is 32.9 Å². The van der Waals surface area contributed by atoms with Gasteiger partial charge in [0.25, 0.3) is 0 Å². The number of thiazole rings is 1. The molecule has 2 nitrogen and oxygen atoms in total. The molecule has 0 amide bonds. The number of hydrogen-bond donors (Lipinski definition) is 1. The van der Waals surface area contributed by atoms with Gasteiger partial charge in [0.2, 0.25) is 0 Å². The molecule has 12 heavy (non-hydrogen) atoms. The number of rotatable bonds is 0. The van der Waals surface area contributed by atoms with Gasteiger partial charge in [0, 0.05) is 5.02 Å². The van der Waals surface area contributed by atoms with Crippen molar-refractivity contribution in [3.63, 3.8) is 0 Å². The normalized spacial score (nSPS) is 10.8. The Bertz CT molecular complexity index is 488. The van der Waals surface area contributed by atoms with Gasteiger partial charge in [-0.15, -0.1) is 0 Å². The lowest BCUT2D eigenvalue weighted by Gasteiger charge is -1.92. The largest absolute Gasteiger partial charge is 0.311 e. The Balaban J connectivity index is 2.97.